The number of aliphatic hydroxyl groups is 1. The Kier molecular flexibility index (Phi) is 2.27. The van der Waals surface area contributed by atoms with E-state index in [9.17, 15) is 0 Å². The van der Waals surface area contributed by atoms with Gasteiger partial charge in [-0.25, -0.2) is 4.99 Å². The van der Waals surface area contributed by atoms with Crippen molar-refractivity contribution in [3.63, 3.8) is 0 Å². The molecule has 0 spiro atoms. The van der Waals surface area contributed by atoms with Crippen LogP contribution in [0.15, 0.2) is 35.3 Å². The standard InChI is InChI=1S/C10H11NO2/c12-6-9-7-13-10(11-9)8-4-2-1-3-5-8/h1-5,9,12H,6-7H2. The SMILES string of the molecule is OCC1COC(c2ccccc2)=N1. The molecule has 2 rings (SSSR count). The fraction of sp³-hybridized carbons (Fsp3) is 0.300. The van der Waals surface area contributed by atoms with Crippen molar-refractivity contribution in [2.24, 2.45) is 4.99 Å². The third kappa shape index (κ3) is 1.70. The minimum Gasteiger partial charge on any atom is -0.475 e. The number of nitrogens with zero attached hydrogens (tertiary/aromatic N) is 1. The summed E-state index contributed by atoms with van der Waals surface area (Å²) in [7, 11) is 0. The molecule has 3 nitrogen and oxygen atoms in total. The van der Waals surface area contributed by atoms with E-state index in [-0.39, 0.29) is 12.6 Å². The van der Waals surface area contributed by atoms with Gasteiger partial charge in [0.05, 0.1) is 6.61 Å². The second-order valence-corrected chi connectivity index (χ2v) is 2.95. The van der Waals surface area contributed by atoms with Gasteiger partial charge in [0.1, 0.15) is 12.6 Å². The number of aliphatic imine (C=N–C) groups is 1. The van der Waals surface area contributed by atoms with Gasteiger partial charge in [0.15, 0.2) is 0 Å². The summed E-state index contributed by atoms with van der Waals surface area (Å²) in [5, 5.41) is 8.84. The Morgan fingerprint density at radius 1 is 1.38 bits per heavy atom. The van der Waals surface area contributed by atoms with Gasteiger partial charge in [0, 0.05) is 5.56 Å². The predicted molar refractivity (Wildman–Crippen MR) is 49.8 cm³/mol. The topological polar surface area (TPSA) is 41.8 Å². The normalized spacial score (nSPS) is 21.0. The van der Waals surface area contributed by atoms with Crippen LogP contribution >= 0.6 is 0 Å². The van der Waals surface area contributed by atoms with Crippen LogP contribution in [-0.4, -0.2) is 30.3 Å². The molecule has 0 saturated carbocycles. The van der Waals surface area contributed by atoms with E-state index in [1.807, 2.05) is 30.3 Å². The lowest BCUT2D eigenvalue weighted by Crippen LogP contribution is -2.10. The van der Waals surface area contributed by atoms with E-state index < -0.39 is 0 Å². The predicted octanol–water partition coefficient (Wildman–Crippen LogP) is 0.824. The minimum absolute atomic E-state index is 0.0519. The average Bonchev–Trinajstić information content (AvgIpc) is 2.67. The fourth-order valence-electron chi connectivity index (χ4n) is 1.25. The van der Waals surface area contributed by atoms with Gasteiger partial charge in [-0.3, -0.25) is 0 Å². The van der Waals surface area contributed by atoms with Gasteiger partial charge in [-0.05, 0) is 12.1 Å². The number of hydrogen-bond donors (Lipinski definition) is 1. The minimum atomic E-state index is -0.0878. The van der Waals surface area contributed by atoms with Crippen molar-refractivity contribution < 1.29 is 9.84 Å². The highest BCUT2D eigenvalue weighted by atomic mass is 16.5. The number of ether oxygens (including phenoxy) is 1. The lowest BCUT2D eigenvalue weighted by Gasteiger charge is -1.99. The average molecular weight is 177 g/mol. The fourth-order valence-corrected chi connectivity index (χ4v) is 1.25. The van der Waals surface area contributed by atoms with E-state index in [2.05, 4.69) is 4.99 Å². The molecule has 0 fully saturated rings. The molecule has 0 aliphatic carbocycles. The summed E-state index contributed by atoms with van der Waals surface area (Å²) in [4.78, 5) is 4.22. The Balaban J connectivity index is 2.19. The van der Waals surface area contributed by atoms with Crippen LogP contribution in [0.25, 0.3) is 0 Å². The molecule has 1 unspecified atom stereocenters. The van der Waals surface area contributed by atoms with Gasteiger partial charge in [0.25, 0.3) is 0 Å². The smallest absolute Gasteiger partial charge is 0.216 e. The van der Waals surface area contributed by atoms with Crippen molar-refractivity contribution in [1.29, 1.82) is 0 Å². The van der Waals surface area contributed by atoms with Gasteiger partial charge >= 0.3 is 0 Å². The molecule has 1 N–H and O–H groups in total. The lowest BCUT2D eigenvalue weighted by molar-refractivity contribution is 0.227. The molecule has 1 atom stereocenters. The molecule has 1 aliphatic heterocycles. The monoisotopic (exact) mass is 177 g/mol. The summed E-state index contributed by atoms with van der Waals surface area (Å²) in [6.45, 7) is 0.539. The molecule has 3 heteroatoms. The molecule has 1 aromatic carbocycles. The van der Waals surface area contributed by atoms with Crippen LogP contribution in [0.4, 0.5) is 0 Å². The van der Waals surface area contributed by atoms with Crippen molar-refractivity contribution in [3.8, 4) is 0 Å². The van der Waals surface area contributed by atoms with Gasteiger partial charge in [-0.15, -0.1) is 0 Å². The molecular weight excluding hydrogens is 166 g/mol. The first-order valence-electron chi connectivity index (χ1n) is 4.27. The van der Waals surface area contributed by atoms with E-state index in [1.165, 1.54) is 0 Å². The summed E-state index contributed by atoms with van der Waals surface area (Å²) in [5.74, 6) is 0.639. The van der Waals surface area contributed by atoms with Crippen molar-refractivity contribution in [2.75, 3.05) is 13.2 Å². The molecule has 0 radical (unpaired) electrons. The van der Waals surface area contributed by atoms with Crippen LogP contribution in [0.1, 0.15) is 5.56 Å². The molecule has 0 amide bonds. The molecule has 0 saturated heterocycles. The Morgan fingerprint density at radius 3 is 2.77 bits per heavy atom. The summed E-state index contributed by atoms with van der Waals surface area (Å²) in [6.07, 6.45) is 0. The molecule has 0 aromatic heterocycles. The van der Waals surface area contributed by atoms with E-state index in [0.29, 0.717) is 12.5 Å². The third-order valence-electron chi connectivity index (χ3n) is 1.94. The number of rotatable bonds is 2. The maximum Gasteiger partial charge on any atom is 0.216 e. The molecule has 68 valence electrons. The van der Waals surface area contributed by atoms with Crippen LogP contribution < -0.4 is 0 Å². The van der Waals surface area contributed by atoms with Crippen molar-refractivity contribution in [2.45, 2.75) is 6.04 Å². The molecule has 0 bridgehead atoms. The maximum absolute atomic E-state index is 8.84. The Bertz CT molecular complexity index is 308. The maximum atomic E-state index is 8.84. The zero-order valence-corrected chi connectivity index (χ0v) is 7.18. The first-order chi connectivity index (χ1) is 6.40. The zero-order chi connectivity index (χ0) is 9.10. The Morgan fingerprint density at radius 2 is 2.15 bits per heavy atom. The van der Waals surface area contributed by atoms with Gasteiger partial charge in [-0.1, -0.05) is 18.2 Å². The summed E-state index contributed by atoms with van der Waals surface area (Å²) in [6, 6.07) is 9.62. The van der Waals surface area contributed by atoms with E-state index >= 15 is 0 Å². The Labute approximate surface area is 76.7 Å². The largest absolute Gasteiger partial charge is 0.475 e. The third-order valence-corrected chi connectivity index (χ3v) is 1.94. The molecule has 1 heterocycles. The second kappa shape index (κ2) is 3.58. The highest BCUT2D eigenvalue weighted by Gasteiger charge is 2.18. The molecule has 1 aromatic rings. The molecule has 13 heavy (non-hydrogen) atoms. The van der Waals surface area contributed by atoms with Crippen LogP contribution in [0, 0.1) is 0 Å². The molecular formula is C10H11NO2. The summed E-state index contributed by atoms with van der Waals surface area (Å²) in [5.41, 5.74) is 0.971. The zero-order valence-electron chi connectivity index (χ0n) is 7.18. The number of hydrogen-bond acceptors (Lipinski definition) is 3. The van der Waals surface area contributed by atoms with E-state index in [0.717, 1.165) is 5.56 Å². The quantitative estimate of drug-likeness (QED) is 0.726. The number of benzene rings is 1. The summed E-state index contributed by atoms with van der Waals surface area (Å²) < 4.78 is 5.33. The Hall–Kier alpha value is -1.35. The highest BCUT2D eigenvalue weighted by Crippen LogP contribution is 2.10. The van der Waals surface area contributed by atoms with Crippen LogP contribution in [0.5, 0.6) is 0 Å². The first-order valence-corrected chi connectivity index (χ1v) is 4.27. The van der Waals surface area contributed by atoms with E-state index in [1.54, 1.807) is 0 Å². The highest BCUT2D eigenvalue weighted by molar-refractivity contribution is 5.95. The van der Waals surface area contributed by atoms with Crippen LogP contribution in [-0.2, 0) is 4.74 Å². The molecule has 1 aliphatic rings. The summed E-state index contributed by atoms with van der Waals surface area (Å²) >= 11 is 0. The van der Waals surface area contributed by atoms with Crippen molar-refractivity contribution in [1.82, 2.24) is 0 Å². The lowest BCUT2D eigenvalue weighted by atomic mass is 10.2. The van der Waals surface area contributed by atoms with Gasteiger partial charge in [0.2, 0.25) is 5.90 Å². The first kappa shape index (κ1) is 8.26. The number of aliphatic hydroxyl groups excluding tert-OH is 1. The van der Waals surface area contributed by atoms with Gasteiger partial charge < -0.3 is 9.84 Å². The van der Waals surface area contributed by atoms with Gasteiger partial charge in [-0.2, -0.15) is 0 Å². The van der Waals surface area contributed by atoms with Crippen LogP contribution in [0.2, 0.25) is 0 Å². The van der Waals surface area contributed by atoms with Crippen molar-refractivity contribution in [3.05, 3.63) is 35.9 Å². The second-order valence-electron chi connectivity index (χ2n) is 2.95. The van der Waals surface area contributed by atoms with E-state index in [4.69, 9.17) is 9.84 Å². The van der Waals surface area contributed by atoms with Crippen molar-refractivity contribution >= 4 is 5.90 Å². The van der Waals surface area contributed by atoms with Crippen LogP contribution in [0.3, 0.4) is 0 Å².